The van der Waals surface area contributed by atoms with Crippen LogP contribution in [0.5, 0.6) is 0 Å². The summed E-state index contributed by atoms with van der Waals surface area (Å²) in [5, 5.41) is 13.8. The molecule has 0 saturated carbocycles. The van der Waals surface area contributed by atoms with Crippen molar-refractivity contribution in [2.24, 2.45) is 0 Å². The molecule has 0 spiro atoms. The molecule has 1 fully saturated rings. The van der Waals surface area contributed by atoms with Gasteiger partial charge < -0.3 is 15.5 Å². The molecule has 2 unspecified atom stereocenters. The summed E-state index contributed by atoms with van der Waals surface area (Å²) in [6, 6.07) is 7.82. The van der Waals surface area contributed by atoms with E-state index in [1.165, 1.54) is 0 Å². The van der Waals surface area contributed by atoms with E-state index in [-0.39, 0.29) is 23.9 Å². The highest BCUT2D eigenvalue weighted by Gasteiger charge is 2.28. The van der Waals surface area contributed by atoms with Crippen LogP contribution in [0, 0.1) is 0 Å². The number of hydrogen-bond donors (Lipinski definition) is 3. The Morgan fingerprint density at radius 3 is 2.71 bits per heavy atom. The summed E-state index contributed by atoms with van der Waals surface area (Å²) in [6.45, 7) is 6.00. The Balaban J connectivity index is 1.56. The average molecular weight is 329 g/mol. The number of nitrogens with zero attached hydrogens (tertiary/aromatic N) is 2. The minimum Gasteiger partial charge on any atom is -0.350 e. The van der Waals surface area contributed by atoms with Gasteiger partial charge in [-0.2, -0.15) is 5.10 Å². The van der Waals surface area contributed by atoms with Crippen LogP contribution in [0.25, 0.3) is 10.9 Å². The summed E-state index contributed by atoms with van der Waals surface area (Å²) in [4.78, 5) is 26.6. The van der Waals surface area contributed by atoms with Gasteiger partial charge >= 0.3 is 0 Å². The van der Waals surface area contributed by atoms with Gasteiger partial charge in [0.05, 0.1) is 5.52 Å². The fourth-order valence-corrected chi connectivity index (χ4v) is 3.26. The molecule has 3 N–H and O–H groups in total. The van der Waals surface area contributed by atoms with E-state index in [2.05, 4.69) is 20.8 Å². The second-order valence-corrected chi connectivity index (χ2v) is 6.28. The predicted molar refractivity (Wildman–Crippen MR) is 91.7 cm³/mol. The zero-order valence-corrected chi connectivity index (χ0v) is 14.0. The van der Waals surface area contributed by atoms with E-state index in [0.29, 0.717) is 18.7 Å². The maximum Gasteiger partial charge on any atom is 0.272 e. The molecule has 2 aromatic rings. The first-order valence-corrected chi connectivity index (χ1v) is 8.31. The number of para-hydroxylation sites is 1. The molecule has 1 aliphatic heterocycles. The lowest BCUT2D eigenvalue weighted by molar-refractivity contribution is -0.136. The smallest absolute Gasteiger partial charge is 0.272 e. The lowest BCUT2D eigenvalue weighted by Gasteiger charge is -2.39. The molecule has 2 atom stereocenters. The number of amides is 2. The Bertz CT molecular complexity index is 731. The highest BCUT2D eigenvalue weighted by atomic mass is 16.2. The summed E-state index contributed by atoms with van der Waals surface area (Å²) in [5.74, 6) is -0.189. The molecular weight excluding hydrogens is 306 g/mol. The van der Waals surface area contributed by atoms with Crippen LogP contribution in [0.3, 0.4) is 0 Å². The number of hydrogen-bond acceptors (Lipinski definition) is 4. The molecule has 7 heteroatoms. The van der Waals surface area contributed by atoms with E-state index in [9.17, 15) is 9.59 Å². The van der Waals surface area contributed by atoms with Crippen molar-refractivity contribution in [3.8, 4) is 0 Å². The van der Waals surface area contributed by atoms with Gasteiger partial charge in [-0.25, -0.2) is 0 Å². The first-order valence-electron chi connectivity index (χ1n) is 8.31. The summed E-state index contributed by atoms with van der Waals surface area (Å²) >= 11 is 0. The van der Waals surface area contributed by atoms with Crippen LogP contribution in [-0.2, 0) is 4.79 Å². The Kier molecular flexibility index (Phi) is 4.80. The van der Waals surface area contributed by atoms with Crippen LogP contribution in [0.1, 0.15) is 30.8 Å². The van der Waals surface area contributed by atoms with E-state index in [0.717, 1.165) is 24.0 Å². The Labute approximate surface area is 140 Å². The van der Waals surface area contributed by atoms with Gasteiger partial charge in [0, 0.05) is 43.5 Å². The van der Waals surface area contributed by atoms with Crippen molar-refractivity contribution in [1.29, 1.82) is 0 Å². The van der Waals surface area contributed by atoms with E-state index < -0.39 is 0 Å². The van der Waals surface area contributed by atoms with Crippen molar-refractivity contribution in [2.75, 3.05) is 19.6 Å². The van der Waals surface area contributed by atoms with Gasteiger partial charge in [0.1, 0.15) is 0 Å². The normalized spacial score (nSPS) is 21.0. The fraction of sp³-hybridized carbons (Fsp3) is 0.471. The van der Waals surface area contributed by atoms with E-state index in [1.54, 1.807) is 0 Å². The number of benzene rings is 1. The summed E-state index contributed by atoms with van der Waals surface area (Å²) in [7, 11) is 0. The van der Waals surface area contributed by atoms with Crippen LogP contribution in [-0.4, -0.2) is 58.6 Å². The molecule has 3 rings (SSSR count). The number of piperazine rings is 1. The van der Waals surface area contributed by atoms with Gasteiger partial charge in [0.2, 0.25) is 5.91 Å². The first kappa shape index (κ1) is 16.4. The average Bonchev–Trinajstić information content (AvgIpc) is 2.98. The second kappa shape index (κ2) is 7.00. The quantitative estimate of drug-likeness (QED) is 0.777. The Morgan fingerprint density at radius 2 is 1.96 bits per heavy atom. The third-order valence-electron chi connectivity index (χ3n) is 4.43. The van der Waals surface area contributed by atoms with Crippen LogP contribution >= 0.6 is 0 Å². The molecule has 0 aliphatic carbocycles. The van der Waals surface area contributed by atoms with Crippen molar-refractivity contribution in [2.45, 2.75) is 32.4 Å². The zero-order valence-electron chi connectivity index (χ0n) is 14.0. The van der Waals surface area contributed by atoms with Gasteiger partial charge in [-0.3, -0.25) is 14.7 Å². The predicted octanol–water partition coefficient (Wildman–Crippen LogP) is 0.892. The molecular formula is C17H23N5O2. The van der Waals surface area contributed by atoms with Gasteiger partial charge in [0.15, 0.2) is 5.69 Å². The van der Waals surface area contributed by atoms with Crippen molar-refractivity contribution in [3.05, 3.63) is 30.0 Å². The number of H-pyrrole nitrogens is 1. The van der Waals surface area contributed by atoms with Crippen LogP contribution < -0.4 is 10.6 Å². The highest BCUT2D eigenvalue weighted by molar-refractivity contribution is 6.04. The van der Waals surface area contributed by atoms with Crippen molar-refractivity contribution >= 4 is 22.7 Å². The summed E-state index contributed by atoms with van der Waals surface area (Å²) in [6.07, 6.45) is 0.294. The molecule has 0 radical (unpaired) electrons. The Morgan fingerprint density at radius 1 is 1.25 bits per heavy atom. The van der Waals surface area contributed by atoms with Gasteiger partial charge in [-0.15, -0.1) is 0 Å². The van der Waals surface area contributed by atoms with E-state index in [1.807, 2.05) is 43.0 Å². The fourth-order valence-electron chi connectivity index (χ4n) is 3.26. The van der Waals surface area contributed by atoms with E-state index in [4.69, 9.17) is 0 Å². The molecule has 128 valence electrons. The van der Waals surface area contributed by atoms with Crippen molar-refractivity contribution < 1.29 is 9.59 Å². The molecule has 24 heavy (non-hydrogen) atoms. The number of carbonyl (C=O) groups is 2. The standard InChI is InChI=1S/C17H23N5O2/c1-11-9-18-10-12(2)22(11)15(23)7-8-19-17(24)16-13-5-3-4-6-14(13)20-21-16/h3-6,11-12,18H,7-10H2,1-2H3,(H,19,24)(H,20,21). The van der Waals surface area contributed by atoms with Crippen LogP contribution in [0.4, 0.5) is 0 Å². The maximum absolute atomic E-state index is 12.4. The lowest BCUT2D eigenvalue weighted by Crippen LogP contribution is -2.57. The van der Waals surface area contributed by atoms with Crippen molar-refractivity contribution in [1.82, 2.24) is 25.7 Å². The number of aromatic amines is 1. The zero-order chi connectivity index (χ0) is 17.1. The number of nitrogens with one attached hydrogen (secondary N) is 3. The molecule has 1 aliphatic rings. The molecule has 1 aromatic heterocycles. The van der Waals surface area contributed by atoms with Crippen LogP contribution in [0.2, 0.25) is 0 Å². The second-order valence-electron chi connectivity index (χ2n) is 6.28. The minimum atomic E-state index is -0.262. The highest BCUT2D eigenvalue weighted by Crippen LogP contribution is 2.15. The number of fused-ring (bicyclic) bond motifs is 1. The SMILES string of the molecule is CC1CNCC(C)N1C(=O)CCNC(=O)c1n[nH]c2ccccc12. The largest absolute Gasteiger partial charge is 0.350 e. The molecule has 2 amide bonds. The van der Waals surface area contributed by atoms with E-state index >= 15 is 0 Å². The molecule has 7 nitrogen and oxygen atoms in total. The molecule has 0 bridgehead atoms. The van der Waals surface area contributed by atoms with Crippen LogP contribution in [0.15, 0.2) is 24.3 Å². The van der Waals surface area contributed by atoms with Gasteiger partial charge in [-0.1, -0.05) is 18.2 Å². The third-order valence-corrected chi connectivity index (χ3v) is 4.43. The van der Waals surface area contributed by atoms with Gasteiger partial charge in [-0.05, 0) is 19.9 Å². The monoisotopic (exact) mass is 329 g/mol. The lowest BCUT2D eigenvalue weighted by atomic mass is 10.1. The Hall–Kier alpha value is -2.41. The molecule has 1 saturated heterocycles. The topological polar surface area (TPSA) is 90.1 Å². The number of rotatable bonds is 4. The number of aromatic nitrogens is 2. The molecule has 1 aromatic carbocycles. The third kappa shape index (κ3) is 3.26. The molecule has 2 heterocycles. The first-order chi connectivity index (χ1) is 11.6. The summed E-state index contributed by atoms with van der Waals surface area (Å²) in [5.41, 5.74) is 1.18. The minimum absolute atomic E-state index is 0.0729. The van der Waals surface area contributed by atoms with Gasteiger partial charge in [0.25, 0.3) is 5.91 Å². The number of carbonyl (C=O) groups excluding carboxylic acids is 2. The summed E-state index contributed by atoms with van der Waals surface area (Å²) < 4.78 is 0. The van der Waals surface area contributed by atoms with Crippen molar-refractivity contribution in [3.63, 3.8) is 0 Å². The maximum atomic E-state index is 12.4.